The molecular formula is C24H24FN3O5S. The van der Waals surface area contributed by atoms with Crippen LogP contribution in [0.5, 0.6) is 11.5 Å². The van der Waals surface area contributed by atoms with Gasteiger partial charge in [-0.15, -0.1) is 0 Å². The maximum atomic E-state index is 13.5. The summed E-state index contributed by atoms with van der Waals surface area (Å²) in [5.74, 6) is -0.676. The number of nitrogens with one attached hydrogen (secondary N) is 1. The smallest absolute Gasteiger partial charge is 0.264 e. The lowest BCUT2D eigenvalue weighted by Crippen LogP contribution is -2.39. The van der Waals surface area contributed by atoms with Crippen LogP contribution in [0.15, 0.2) is 76.7 Å². The summed E-state index contributed by atoms with van der Waals surface area (Å²) in [6.45, 7) is 1.34. The summed E-state index contributed by atoms with van der Waals surface area (Å²) in [6.07, 6.45) is 1.45. The zero-order valence-electron chi connectivity index (χ0n) is 18.9. The molecule has 0 atom stereocenters. The van der Waals surface area contributed by atoms with Crippen molar-refractivity contribution in [2.45, 2.75) is 11.8 Å². The molecule has 178 valence electrons. The minimum Gasteiger partial charge on any atom is -0.493 e. The predicted molar refractivity (Wildman–Crippen MR) is 127 cm³/mol. The number of hydrogen-bond acceptors (Lipinski definition) is 6. The number of benzene rings is 3. The monoisotopic (exact) mass is 485 g/mol. The summed E-state index contributed by atoms with van der Waals surface area (Å²) in [4.78, 5) is 12.5. The lowest BCUT2D eigenvalue weighted by Gasteiger charge is -2.24. The van der Waals surface area contributed by atoms with Crippen molar-refractivity contribution in [3.63, 3.8) is 0 Å². The van der Waals surface area contributed by atoms with Gasteiger partial charge in [-0.05, 0) is 48.9 Å². The third-order valence-corrected chi connectivity index (χ3v) is 6.56. The molecular weight excluding hydrogens is 461 g/mol. The molecule has 0 aliphatic heterocycles. The average molecular weight is 486 g/mol. The van der Waals surface area contributed by atoms with E-state index in [9.17, 15) is 17.6 Å². The van der Waals surface area contributed by atoms with Crippen LogP contribution >= 0.6 is 0 Å². The van der Waals surface area contributed by atoms with Crippen LogP contribution in [0.1, 0.15) is 11.1 Å². The molecule has 0 aromatic heterocycles. The topological polar surface area (TPSA) is 97.3 Å². The van der Waals surface area contributed by atoms with Crippen molar-refractivity contribution in [3.05, 3.63) is 83.7 Å². The Balaban J connectivity index is 1.89. The molecule has 0 spiro atoms. The van der Waals surface area contributed by atoms with Gasteiger partial charge in [0.15, 0.2) is 11.5 Å². The van der Waals surface area contributed by atoms with Gasteiger partial charge in [0, 0.05) is 6.07 Å². The van der Waals surface area contributed by atoms with E-state index in [1.807, 2.05) is 31.2 Å². The molecule has 0 radical (unpaired) electrons. The standard InChI is InChI=1S/C24H24FN3O5S/c1-17-5-4-6-18(13-17)15-26-27-24(29)16-28(20-9-7-19(25)8-10-20)34(30,31)21-11-12-22(32-2)23(14-21)33-3/h4-15H,16H2,1-3H3,(H,27,29)/b26-15-. The van der Waals surface area contributed by atoms with Gasteiger partial charge in [0.05, 0.1) is 31.0 Å². The molecule has 3 rings (SSSR count). The van der Waals surface area contributed by atoms with E-state index in [-0.39, 0.29) is 16.3 Å². The van der Waals surface area contributed by atoms with E-state index in [0.717, 1.165) is 27.6 Å². The van der Waals surface area contributed by atoms with Crippen LogP contribution in [0.3, 0.4) is 0 Å². The van der Waals surface area contributed by atoms with Gasteiger partial charge in [-0.2, -0.15) is 5.10 Å². The molecule has 0 aliphatic rings. The molecule has 10 heteroatoms. The van der Waals surface area contributed by atoms with Gasteiger partial charge >= 0.3 is 0 Å². The average Bonchev–Trinajstić information content (AvgIpc) is 2.82. The Bertz CT molecular complexity index is 1290. The van der Waals surface area contributed by atoms with Crippen LogP contribution in [0.25, 0.3) is 0 Å². The quantitative estimate of drug-likeness (QED) is 0.370. The van der Waals surface area contributed by atoms with Crippen molar-refractivity contribution < 1.29 is 27.1 Å². The molecule has 0 fully saturated rings. The van der Waals surface area contributed by atoms with E-state index in [1.165, 1.54) is 50.8 Å². The first-order valence-electron chi connectivity index (χ1n) is 10.1. The van der Waals surface area contributed by atoms with Crippen LogP contribution in [-0.4, -0.2) is 41.3 Å². The number of carbonyl (C=O) groups is 1. The van der Waals surface area contributed by atoms with Gasteiger partial charge in [0.25, 0.3) is 15.9 Å². The Morgan fingerprint density at radius 3 is 2.38 bits per heavy atom. The highest BCUT2D eigenvalue weighted by molar-refractivity contribution is 7.92. The number of hydrogen-bond donors (Lipinski definition) is 1. The molecule has 1 N–H and O–H groups in total. The fraction of sp³-hybridized carbons (Fsp3) is 0.167. The minimum atomic E-state index is -4.24. The second kappa shape index (κ2) is 10.8. The number of rotatable bonds is 9. The number of amides is 1. The van der Waals surface area contributed by atoms with Crippen LogP contribution in [0.4, 0.5) is 10.1 Å². The van der Waals surface area contributed by atoms with Crippen molar-refractivity contribution in [2.75, 3.05) is 25.1 Å². The number of carbonyl (C=O) groups excluding carboxylic acids is 1. The second-order valence-electron chi connectivity index (χ2n) is 7.21. The first-order valence-corrected chi connectivity index (χ1v) is 11.6. The SMILES string of the molecule is COc1ccc(S(=O)(=O)N(CC(=O)N/N=C\c2cccc(C)c2)c2ccc(F)cc2)cc1OC. The van der Waals surface area contributed by atoms with E-state index in [4.69, 9.17) is 9.47 Å². The fourth-order valence-electron chi connectivity index (χ4n) is 3.12. The number of anilines is 1. The van der Waals surface area contributed by atoms with E-state index in [2.05, 4.69) is 10.5 Å². The zero-order chi connectivity index (χ0) is 24.7. The van der Waals surface area contributed by atoms with Crippen LogP contribution in [-0.2, 0) is 14.8 Å². The maximum absolute atomic E-state index is 13.5. The number of nitrogens with zero attached hydrogens (tertiary/aromatic N) is 2. The highest BCUT2D eigenvalue weighted by atomic mass is 32.2. The lowest BCUT2D eigenvalue weighted by molar-refractivity contribution is -0.119. The molecule has 0 unspecified atom stereocenters. The van der Waals surface area contributed by atoms with Crippen molar-refractivity contribution >= 4 is 27.8 Å². The molecule has 0 saturated carbocycles. The highest BCUT2D eigenvalue weighted by Crippen LogP contribution is 2.32. The Morgan fingerprint density at radius 2 is 1.74 bits per heavy atom. The molecule has 0 saturated heterocycles. The van der Waals surface area contributed by atoms with Gasteiger partial charge in [0.1, 0.15) is 12.4 Å². The third kappa shape index (κ3) is 5.90. The molecule has 34 heavy (non-hydrogen) atoms. The first-order chi connectivity index (χ1) is 16.2. The Kier molecular flexibility index (Phi) is 7.85. The van der Waals surface area contributed by atoms with Crippen molar-refractivity contribution in [2.24, 2.45) is 5.10 Å². The Hall–Kier alpha value is -3.92. The number of aryl methyl sites for hydroxylation is 1. The summed E-state index contributed by atoms with van der Waals surface area (Å²) in [5.41, 5.74) is 4.24. The molecule has 8 nitrogen and oxygen atoms in total. The zero-order valence-corrected chi connectivity index (χ0v) is 19.7. The van der Waals surface area contributed by atoms with Crippen LogP contribution < -0.4 is 19.2 Å². The molecule has 3 aromatic rings. The predicted octanol–water partition coefficient (Wildman–Crippen LogP) is 3.50. The summed E-state index contributed by atoms with van der Waals surface area (Å²) in [6, 6.07) is 16.3. The minimum absolute atomic E-state index is 0.106. The summed E-state index contributed by atoms with van der Waals surface area (Å²) < 4.78 is 51.6. The lowest BCUT2D eigenvalue weighted by atomic mass is 10.2. The molecule has 0 heterocycles. The molecule has 1 amide bonds. The number of sulfonamides is 1. The number of hydrazone groups is 1. The van der Waals surface area contributed by atoms with Crippen molar-refractivity contribution in [1.82, 2.24) is 5.43 Å². The van der Waals surface area contributed by atoms with Gasteiger partial charge in [-0.1, -0.05) is 29.8 Å². The maximum Gasteiger partial charge on any atom is 0.264 e. The van der Waals surface area contributed by atoms with E-state index in [1.54, 1.807) is 0 Å². The number of ether oxygens (including phenoxy) is 2. The largest absolute Gasteiger partial charge is 0.493 e. The highest BCUT2D eigenvalue weighted by Gasteiger charge is 2.28. The number of methoxy groups -OCH3 is 2. The van der Waals surface area contributed by atoms with Gasteiger partial charge in [-0.3, -0.25) is 9.10 Å². The van der Waals surface area contributed by atoms with E-state index in [0.29, 0.717) is 5.75 Å². The van der Waals surface area contributed by atoms with Gasteiger partial charge in [-0.25, -0.2) is 18.2 Å². The van der Waals surface area contributed by atoms with Crippen molar-refractivity contribution in [1.29, 1.82) is 0 Å². The Morgan fingerprint density at radius 1 is 1.03 bits per heavy atom. The first kappa shape index (κ1) is 24.7. The van der Waals surface area contributed by atoms with Crippen molar-refractivity contribution in [3.8, 4) is 11.5 Å². The van der Waals surface area contributed by atoms with E-state index >= 15 is 0 Å². The normalized spacial score (nSPS) is 11.3. The Labute approximate surface area is 197 Å². The fourth-order valence-corrected chi connectivity index (χ4v) is 4.56. The van der Waals surface area contributed by atoms with Crippen LogP contribution in [0, 0.1) is 12.7 Å². The summed E-state index contributed by atoms with van der Waals surface area (Å²) >= 11 is 0. The molecule has 3 aromatic carbocycles. The summed E-state index contributed by atoms with van der Waals surface area (Å²) in [5, 5.41) is 3.91. The summed E-state index contributed by atoms with van der Waals surface area (Å²) in [7, 11) is -1.43. The van der Waals surface area contributed by atoms with Gasteiger partial charge in [0.2, 0.25) is 0 Å². The second-order valence-corrected chi connectivity index (χ2v) is 9.07. The molecule has 0 bridgehead atoms. The van der Waals surface area contributed by atoms with Gasteiger partial charge < -0.3 is 9.47 Å². The third-order valence-electron chi connectivity index (χ3n) is 4.79. The van der Waals surface area contributed by atoms with Crippen LogP contribution in [0.2, 0.25) is 0 Å². The van der Waals surface area contributed by atoms with E-state index < -0.39 is 28.3 Å². The number of halogens is 1. The molecule has 0 aliphatic carbocycles.